The molecule has 1 aliphatic rings. The second-order valence-electron chi connectivity index (χ2n) is 7.03. The number of carbonyl (C=O) groups is 2. The van der Waals surface area contributed by atoms with Gasteiger partial charge in [-0.1, -0.05) is 12.1 Å². The largest absolute Gasteiger partial charge is 0.318 e. The van der Waals surface area contributed by atoms with Crippen LogP contribution in [0.5, 0.6) is 0 Å². The number of halogens is 2. The number of aromatic nitrogens is 1. The molecule has 0 N–H and O–H groups in total. The van der Waals surface area contributed by atoms with Crippen molar-refractivity contribution in [3.05, 3.63) is 89.2 Å². The molecule has 3 aromatic rings. The summed E-state index contributed by atoms with van der Waals surface area (Å²) in [5.74, 6) is -0.234. The maximum atomic E-state index is 12.9. The monoisotopic (exact) mass is 640 g/mol. The molecule has 2 amide bonds. The van der Waals surface area contributed by atoms with Crippen LogP contribution in [0, 0.1) is 21.0 Å². The lowest BCUT2D eigenvalue weighted by atomic mass is 10.2. The fourth-order valence-corrected chi connectivity index (χ4v) is 5.02. The van der Waals surface area contributed by atoms with E-state index in [1.165, 1.54) is 8.47 Å². The van der Waals surface area contributed by atoms with E-state index < -0.39 is 0 Å². The van der Waals surface area contributed by atoms with Crippen LogP contribution in [0.3, 0.4) is 0 Å². The molecular weight excluding hydrogens is 622 g/mol. The molecule has 1 aromatic heterocycles. The Morgan fingerprint density at radius 3 is 2.17 bits per heavy atom. The summed E-state index contributed by atoms with van der Waals surface area (Å²) in [6, 6.07) is 18.2. The number of hydrogen-bond donors (Lipinski definition) is 0. The number of carbonyl (C=O) groups excluding carboxylic acids is 2. The van der Waals surface area contributed by atoms with Crippen molar-refractivity contribution < 1.29 is 9.59 Å². The summed E-state index contributed by atoms with van der Waals surface area (Å²) in [7, 11) is 0. The molecule has 0 unspecified atom stereocenters. The van der Waals surface area contributed by atoms with Crippen LogP contribution in [0.1, 0.15) is 22.5 Å². The average molecular weight is 640 g/mol. The van der Waals surface area contributed by atoms with E-state index in [4.69, 9.17) is 0 Å². The molecule has 0 saturated carbocycles. The molecule has 4 nitrogen and oxygen atoms in total. The SMILES string of the molecule is Cc1cc(/C=C2\SC(=O)N(Cc3ccc(I)cc3)C2=O)c(C)n1-c1ccc(I)cc1. The molecular formula is C23H18I2N2O2S. The van der Waals surface area contributed by atoms with Gasteiger partial charge >= 0.3 is 0 Å². The molecule has 0 atom stereocenters. The van der Waals surface area contributed by atoms with Crippen LogP contribution in [0.2, 0.25) is 0 Å². The zero-order chi connectivity index (χ0) is 21.4. The summed E-state index contributed by atoms with van der Waals surface area (Å²) < 4.78 is 4.47. The number of thioether (sulfide) groups is 1. The number of benzene rings is 2. The van der Waals surface area contributed by atoms with Crippen molar-refractivity contribution in [3.8, 4) is 5.69 Å². The van der Waals surface area contributed by atoms with Gasteiger partial charge in [0.2, 0.25) is 0 Å². The maximum absolute atomic E-state index is 12.9. The molecule has 1 aliphatic heterocycles. The molecule has 7 heteroatoms. The Balaban J connectivity index is 1.61. The number of amides is 2. The summed E-state index contributed by atoms with van der Waals surface area (Å²) in [5.41, 5.74) is 5.09. The van der Waals surface area contributed by atoms with Gasteiger partial charge in [0.15, 0.2) is 0 Å². The van der Waals surface area contributed by atoms with Gasteiger partial charge in [-0.3, -0.25) is 14.5 Å². The van der Waals surface area contributed by atoms with Gasteiger partial charge in [-0.2, -0.15) is 0 Å². The van der Waals surface area contributed by atoms with Gasteiger partial charge in [-0.15, -0.1) is 0 Å². The van der Waals surface area contributed by atoms with Crippen LogP contribution in [0.15, 0.2) is 59.5 Å². The van der Waals surface area contributed by atoms with Gasteiger partial charge in [0, 0.05) is 24.2 Å². The summed E-state index contributed by atoms with van der Waals surface area (Å²) in [4.78, 5) is 27.2. The smallest absolute Gasteiger partial charge is 0.293 e. The predicted octanol–water partition coefficient (Wildman–Crippen LogP) is 6.54. The van der Waals surface area contributed by atoms with E-state index >= 15 is 0 Å². The Hall–Kier alpha value is -1.59. The van der Waals surface area contributed by atoms with Gasteiger partial charge in [0.05, 0.1) is 11.4 Å². The number of imide groups is 1. The van der Waals surface area contributed by atoms with E-state index in [2.05, 4.69) is 80.1 Å². The Bertz CT molecular complexity index is 1170. The highest BCUT2D eigenvalue weighted by atomic mass is 127. The van der Waals surface area contributed by atoms with Crippen LogP contribution in [0.25, 0.3) is 11.8 Å². The van der Waals surface area contributed by atoms with Crippen molar-refractivity contribution in [2.45, 2.75) is 20.4 Å². The minimum Gasteiger partial charge on any atom is -0.318 e. The average Bonchev–Trinajstić information content (AvgIpc) is 3.14. The summed E-state index contributed by atoms with van der Waals surface area (Å²) in [5, 5.41) is -0.226. The lowest BCUT2D eigenvalue weighted by Crippen LogP contribution is -2.27. The first-order valence-electron chi connectivity index (χ1n) is 9.28. The highest BCUT2D eigenvalue weighted by molar-refractivity contribution is 14.1. The molecule has 1 saturated heterocycles. The van der Waals surface area contributed by atoms with Crippen LogP contribution >= 0.6 is 56.9 Å². The van der Waals surface area contributed by atoms with Crippen LogP contribution in [-0.4, -0.2) is 20.6 Å². The Labute approximate surface area is 207 Å². The third kappa shape index (κ3) is 4.38. The van der Waals surface area contributed by atoms with E-state index in [0.29, 0.717) is 11.4 Å². The number of nitrogens with zero attached hydrogens (tertiary/aromatic N) is 2. The lowest BCUT2D eigenvalue weighted by molar-refractivity contribution is -0.123. The van der Waals surface area contributed by atoms with Gasteiger partial charge in [0.1, 0.15) is 0 Å². The van der Waals surface area contributed by atoms with Gasteiger partial charge in [-0.25, -0.2) is 0 Å². The van der Waals surface area contributed by atoms with Gasteiger partial charge < -0.3 is 4.57 Å². The first-order valence-corrected chi connectivity index (χ1v) is 12.3. The molecule has 0 radical (unpaired) electrons. The zero-order valence-corrected chi connectivity index (χ0v) is 21.5. The Morgan fingerprint density at radius 2 is 1.53 bits per heavy atom. The van der Waals surface area contributed by atoms with Crippen LogP contribution in [-0.2, 0) is 11.3 Å². The first-order chi connectivity index (χ1) is 14.3. The minimum absolute atomic E-state index is 0.226. The summed E-state index contributed by atoms with van der Waals surface area (Å²) in [6.45, 7) is 4.37. The maximum Gasteiger partial charge on any atom is 0.293 e. The van der Waals surface area contributed by atoms with Crippen molar-refractivity contribution >= 4 is 74.2 Å². The van der Waals surface area contributed by atoms with Gasteiger partial charge in [-0.05, 0) is 130 Å². The fraction of sp³-hybridized carbons (Fsp3) is 0.130. The molecule has 4 rings (SSSR count). The minimum atomic E-state index is -0.234. The highest BCUT2D eigenvalue weighted by Crippen LogP contribution is 2.34. The summed E-state index contributed by atoms with van der Waals surface area (Å²) >= 11 is 5.53. The number of rotatable bonds is 4. The van der Waals surface area contributed by atoms with Gasteiger partial charge in [0.25, 0.3) is 11.1 Å². The summed E-state index contributed by atoms with van der Waals surface area (Å²) in [6.07, 6.45) is 1.84. The lowest BCUT2D eigenvalue weighted by Gasteiger charge is -2.12. The standard InChI is InChI=1S/C23H18I2N2O2S/c1-14-11-17(15(2)27(14)20-9-7-19(25)8-10-20)12-21-22(28)26(23(29)30-21)13-16-3-5-18(24)6-4-16/h3-12H,13H2,1-2H3/b21-12-. The van der Waals surface area contributed by atoms with Crippen molar-refractivity contribution in [1.82, 2.24) is 9.47 Å². The van der Waals surface area contributed by atoms with E-state index in [9.17, 15) is 9.59 Å². The number of aryl methyl sites for hydroxylation is 1. The second kappa shape index (κ2) is 8.88. The Morgan fingerprint density at radius 1 is 0.933 bits per heavy atom. The normalized spacial score (nSPS) is 15.5. The van der Waals surface area contributed by atoms with Crippen molar-refractivity contribution in [3.63, 3.8) is 0 Å². The molecule has 152 valence electrons. The molecule has 0 bridgehead atoms. The predicted molar refractivity (Wildman–Crippen MR) is 139 cm³/mol. The topological polar surface area (TPSA) is 42.3 Å². The first kappa shape index (κ1) is 21.6. The number of hydrogen-bond acceptors (Lipinski definition) is 3. The van der Waals surface area contributed by atoms with Crippen LogP contribution in [0.4, 0.5) is 4.79 Å². The quantitative estimate of drug-likeness (QED) is 0.241. The van der Waals surface area contributed by atoms with E-state index in [1.807, 2.05) is 44.2 Å². The fourth-order valence-electron chi connectivity index (χ4n) is 3.47. The van der Waals surface area contributed by atoms with Crippen molar-refractivity contribution in [1.29, 1.82) is 0 Å². The third-order valence-electron chi connectivity index (χ3n) is 4.97. The molecule has 2 aromatic carbocycles. The van der Waals surface area contributed by atoms with E-state index in [-0.39, 0.29) is 11.1 Å². The van der Waals surface area contributed by atoms with Crippen molar-refractivity contribution in [2.75, 3.05) is 0 Å². The van der Waals surface area contributed by atoms with Crippen molar-refractivity contribution in [2.24, 2.45) is 0 Å². The third-order valence-corrected chi connectivity index (χ3v) is 7.31. The zero-order valence-electron chi connectivity index (χ0n) is 16.4. The molecule has 0 spiro atoms. The second-order valence-corrected chi connectivity index (χ2v) is 10.5. The Kier molecular flexibility index (Phi) is 6.40. The van der Waals surface area contributed by atoms with Crippen LogP contribution < -0.4 is 0 Å². The molecule has 1 fully saturated rings. The molecule has 2 heterocycles. The molecule has 0 aliphatic carbocycles. The van der Waals surface area contributed by atoms with E-state index in [1.54, 1.807) is 0 Å². The molecule has 30 heavy (non-hydrogen) atoms. The highest BCUT2D eigenvalue weighted by Gasteiger charge is 2.35. The van der Waals surface area contributed by atoms with E-state index in [0.717, 1.165) is 43.5 Å².